The maximum Gasteiger partial charge on any atom is 0.124 e. The number of rotatable bonds is 4. The van der Waals surface area contributed by atoms with Crippen molar-refractivity contribution in [3.8, 4) is 6.07 Å². The Hall–Kier alpha value is -1.48. The molecule has 1 atom stereocenters. The van der Waals surface area contributed by atoms with Crippen LogP contribution in [0.1, 0.15) is 11.1 Å². The Balaban J connectivity index is 1.82. The van der Waals surface area contributed by atoms with E-state index in [1.54, 1.807) is 6.07 Å². The van der Waals surface area contributed by atoms with Crippen molar-refractivity contribution in [1.82, 2.24) is 5.32 Å². The number of hydrogen-bond acceptors (Lipinski definition) is 4. The first kappa shape index (κ1) is 13.0. The van der Waals surface area contributed by atoms with E-state index in [1.807, 2.05) is 6.07 Å². The van der Waals surface area contributed by atoms with Gasteiger partial charge in [0, 0.05) is 13.1 Å². The Kier molecular flexibility index (Phi) is 4.65. The summed E-state index contributed by atoms with van der Waals surface area (Å²) in [6.07, 6.45) is 0.0442. The Morgan fingerprint density at radius 2 is 2.39 bits per heavy atom. The summed E-state index contributed by atoms with van der Waals surface area (Å²) in [6, 6.07) is 6.13. The van der Waals surface area contributed by atoms with Crippen LogP contribution in [0.25, 0.3) is 0 Å². The van der Waals surface area contributed by atoms with E-state index in [0.29, 0.717) is 24.3 Å². The SMILES string of the molecule is N#Cc1cc(F)cc(COCC2CNCCO2)c1. The molecule has 1 unspecified atom stereocenters. The average Bonchev–Trinajstić information content (AvgIpc) is 2.39. The van der Waals surface area contributed by atoms with Crippen molar-refractivity contribution in [2.24, 2.45) is 0 Å². The summed E-state index contributed by atoms with van der Waals surface area (Å²) in [4.78, 5) is 0. The van der Waals surface area contributed by atoms with Crippen LogP contribution in [0.4, 0.5) is 4.39 Å². The molecule has 0 bridgehead atoms. The van der Waals surface area contributed by atoms with Gasteiger partial charge in [-0.05, 0) is 23.8 Å². The third-order valence-electron chi connectivity index (χ3n) is 2.66. The second kappa shape index (κ2) is 6.45. The van der Waals surface area contributed by atoms with Crippen molar-refractivity contribution < 1.29 is 13.9 Å². The molecule has 5 heteroatoms. The van der Waals surface area contributed by atoms with Gasteiger partial charge in [0.25, 0.3) is 0 Å². The van der Waals surface area contributed by atoms with Crippen molar-refractivity contribution in [3.05, 3.63) is 35.1 Å². The van der Waals surface area contributed by atoms with E-state index in [0.717, 1.165) is 13.1 Å². The molecule has 1 N–H and O–H groups in total. The summed E-state index contributed by atoms with van der Waals surface area (Å²) in [5.74, 6) is -0.414. The zero-order valence-electron chi connectivity index (χ0n) is 9.99. The average molecular weight is 250 g/mol. The molecule has 2 rings (SSSR count). The smallest absolute Gasteiger partial charge is 0.124 e. The van der Waals surface area contributed by atoms with Gasteiger partial charge in [0.05, 0.1) is 37.6 Å². The van der Waals surface area contributed by atoms with Gasteiger partial charge in [-0.25, -0.2) is 4.39 Å². The summed E-state index contributed by atoms with van der Waals surface area (Å²) in [7, 11) is 0. The number of hydrogen-bond donors (Lipinski definition) is 1. The fourth-order valence-corrected chi connectivity index (χ4v) is 1.83. The van der Waals surface area contributed by atoms with Gasteiger partial charge in [-0.1, -0.05) is 0 Å². The van der Waals surface area contributed by atoms with Gasteiger partial charge in [-0.15, -0.1) is 0 Å². The van der Waals surface area contributed by atoms with Crippen molar-refractivity contribution in [2.75, 3.05) is 26.3 Å². The molecule has 0 saturated carbocycles. The van der Waals surface area contributed by atoms with Crippen LogP contribution in [0.3, 0.4) is 0 Å². The first-order valence-electron chi connectivity index (χ1n) is 5.87. The van der Waals surface area contributed by atoms with Crippen LogP contribution >= 0.6 is 0 Å². The lowest BCUT2D eigenvalue weighted by Crippen LogP contribution is -2.40. The van der Waals surface area contributed by atoms with Gasteiger partial charge in [-0.2, -0.15) is 5.26 Å². The quantitative estimate of drug-likeness (QED) is 0.872. The van der Waals surface area contributed by atoms with Gasteiger partial charge >= 0.3 is 0 Å². The Morgan fingerprint density at radius 3 is 3.11 bits per heavy atom. The predicted molar refractivity (Wildman–Crippen MR) is 63.4 cm³/mol. The Labute approximate surface area is 105 Å². The van der Waals surface area contributed by atoms with Crippen LogP contribution in [-0.4, -0.2) is 32.4 Å². The lowest BCUT2D eigenvalue weighted by Gasteiger charge is -2.23. The molecule has 1 fully saturated rings. The molecule has 18 heavy (non-hydrogen) atoms. The molecular formula is C13H15FN2O2. The summed E-state index contributed by atoms with van der Waals surface area (Å²) in [5, 5.41) is 11.9. The molecule has 96 valence electrons. The highest BCUT2D eigenvalue weighted by molar-refractivity contribution is 5.33. The van der Waals surface area contributed by atoms with E-state index in [4.69, 9.17) is 14.7 Å². The molecule has 0 aliphatic carbocycles. The molecular weight excluding hydrogens is 235 g/mol. The first-order chi connectivity index (χ1) is 8.78. The third kappa shape index (κ3) is 3.77. The highest BCUT2D eigenvalue weighted by Crippen LogP contribution is 2.10. The molecule has 0 amide bonds. The van der Waals surface area contributed by atoms with Gasteiger partial charge < -0.3 is 14.8 Å². The van der Waals surface area contributed by atoms with E-state index >= 15 is 0 Å². The van der Waals surface area contributed by atoms with Crippen LogP contribution in [0, 0.1) is 17.1 Å². The molecule has 1 saturated heterocycles. The van der Waals surface area contributed by atoms with Gasteiger partial charge in [0.1, 0.15) is 5.82 Å². The predicted octanol–water partition coefficient (Wildman–Crippen LogP) is 1.20. The number of benzene rings is 1. The second-order valence-electron chi connectivity index (χ2n) is 4.17. The van der Waals surface area contributed by atoms with E-state index < -0.39 is 5.82 Å². The molecule has 1 aliphatic rings. The highest BCUT2D eigenvalue weighted by Gasteiger charge is 2.13. The van der Waals surface area contributed by atoms with Crippen LogP contribution < -0.4 is 5.32 Å². The van der Waals surface area contributed by atoms with Crippen molar-refractivity contribution in [3.63, 3.8) is 0 Å². The number of nitriles is 1. The van der Waals surface area contributed by atoms with Gasteiger partial charge in [0.15, 0.2) is 0 Å². The van der Waals surface area contributed by atoms with Crippen LogP contribution in [-0.2, 0) is 16.1 Å². The number of nitrogens with one attached hydrogen (secondary N) is 1. The Bertz CT molecular complexity index is 439. The standard InChI is InChI=1S/C13H15FN2O2/c14-12-4-10(6-15)3-11(5-12)8-17-9-13-7-16-1-2-18-13/h3-5,13,16H,1-2,7-9H2. The number of morpholine rings is 1. The monoisotopic (exact) mass is 250 g/mol. The second-order valence-corrected chi connectivity index (χ2v) is 4.17. The van der Waals surface area contributed by atoms with E-state index in [1.165, 1.54) is 12.1 Å². The fourth-order valence-electron chi connectivity index (χ4n) is 1.83. The number of ether oxygens (including phenoxy) is 2. The van der Waals surface area contributed by atoms with Crippen LogP contribution in [0.2, 0.25) is 0 Å². The minimum atomic E-state index is -0.414. The van der Waals surface area contributed by atoms with E-state index in [2.05, 4.69) is 5.32 Å². The number of nitrogens with zero attached hydrogens (tertiary/aromatic N) is 1. The molecule has 0 spiro atoms. The van der Waals surface area contributed by atoms with Gasteiger partial charge in [0.2, 0.25) is 0 Å². The third-order valence-corrected chi connectivity index (χ3v) is 2.66. The molecule has 4 nitrogen and oxygen atoms in total. The maximum absolute atomic E-state index is 13.2. The zero-order valence-corrected chi connectivity index (χ0v) is 9.99. The van der Waals surface area contributed by atoms with Crippen molar-refractivity contribution >= 4 is 0 Å². The fraction of sp³-hybridized carbons (Fsp3) is 0.462. The minimum absolute atomic E-state index is 0.0442. The molecule has 0 radical (unpaired) electrons. The lowest BCUT2D eigenvalue weighted by molar-refractivity contribution is -0.0357. The number of halogens is 1. The van der Waals surface area contributed by atoms with E-state index in [-0.39, 0.29) is 12.7 Å². The maximum atomic E-state index is 13.2. The van der Waals surface area contributed by atoms with Crippen LogP contribution in [0.15, 0.2) is 18.2 Å². The van der Waals surface area contributed by atoms with Crippen molar-refractivity contribution in [1.29, 1.82) is 5.26 Å². The summed E-state index contributed by atoms with van der Waals surface area (Å²) in [5.41, 5.74) is 0.972. The molecule has 0 aromatic heterocycles. The molecule has 1 aromatic carbocycles. The molecule has 1 aromatic rings. The summed E-state index contributed by atoms with van der Waals surface area (Å²) in [6.45, 7) is 3.07. The molecule has 1 aliphatic heterocycles. The zero-order chi connectivity index (χ0) is 12.8. The largest absolute Gasteiger partial charge is 0.374 e. The molecule has 1 heterocycles. The Morgan fingerprint density at radius 1 is 1.50 bits per heavy atom. The van der Waals surface area contributed by atoms with Crippen molar-refractivity contribution in [2.45, 2.75) is 12.7 Å². The van der Waals surface area contributed by atoms with Crippen LogP contribution in [0.5, 0.6) is 0 Å². The summed E-state index contributed by atoms with van der Waals surface area (Å²) < 4.78 is 24.1. The minimum Gasteiger partial charge on any atom is -0.374 e. The first-order valence-corrected chi connectivity index (χ1v) is 5.87. The summed E-state index contributed by atoms with van der Waals surface area (Å²) >= 11 is 0. The van der Waals surface area contributed by atoms with E-state index in [9.17, 15) is 4.39 Å². The highest BCUT2D eigenvalue weighted by atomic mass is 19.1. The topological polar surface area (TPSA) is 54.3 Å². The normalized spacial score (nSPS) is 19.4. The lowest BCUT2D eigenvalue weighted by atomic mass is 10.1. The van der Waals surface area contributed by atoms with Gasteiger partial charge in [-0.3, -0.25) is 0 Å².